The fraction of sp³-hybridized carbons (Fsp3) is 0.333. The van der Waals surface area contributed by atoms with Crippen LogP contribution in [0.3, 0.4) is 0 Å². The number of carboxylic acids is 1. The topological polar surface area (TPSA) is 131 Å². The second kappa shape index (κ2) is 12.8. The maximum Gasteiger partial charge on any atom is 0.336 e. The average molecular weight is 456 g/mol. The SMILES string of the molecule is CCCCNC(=O)c1cc(Oc2ccc(C(=O)O)c(C(=O)NCCCC)c2)ccc1OC=O. The number of rotatable bonds is 13. The zero-order valence-corrected chi connectivity index (χ0v) is 18.7. The molecule has 9 nitrogen and oxygen atoms in total. The Morgan fingerprint density at radius 2 is 1.39 bits per heavy atom. The Labute approximate surface area is 192 Å². The van der Waals surface area contributed by atoms with E-state index in [0.29, 0.717) is 13.1 Å². The lowest BCUT2D eigenvalue weighted by atomic mass is 10.1. The first-order valence-electron chi connectivity index (χ1n) is 10.8. The first-order chi connectivity index (χ1) is 15.9. The number of unbranched alkanes of at least 4 members (excludes halogenated alkanes) is 2. The van der Waals surface area contributed by atoms with Gasteiger partial charge < -0.3 is 25.2 Å². The molecular formula is C24H28N2O7. The van der Waals surface area contributed by atoms with E-state index in [4.69, 9.17) is 9.47 Å². The monoisotopic (exact) mass is 456 g/mol. The average Bonchev–Trinajstić information content (AvgIpc) is 2.80. The van der Waals surface area contributed by atoms with Crippen LogP contribution in [0.25, 0.3) is 0 Å². The van der Waals surface area contributed by atoms with E-state index in [2.05, 4.69) is 10.6 Å². The van der Waals surface area contributed by atoms with Crippen molar-refractivity contribution in [3.8, 4) is 17.2 Å². The quantitative estimate of drug-likeness (QED) is 0.309. The summed E-state index contributed by atoms with van der Waals surface area (Å²) in [5, 5.41) is 14.9. The predicted molar refractivity (Wildman–Crippen MR) is 121 cm³/mol. The van der Waals surface area contributed by atoms with Gasteiger partial charge in [0.2, 0.25) is 0 Å². The van der Waals surface area contributed by atoms with Gasteiger partial charge in [0.25, 0.3) is 18.3 Å². The van der Waals surface area contributed by atoms with Gasteiger partial charge in [-0.05, 0) is 49.2 Å². The lowest BCUT2D eigenvalue weighted by molar-refractivity contribution is -0.120. The van der Waals surface area contributed by atoms with Crippen molar-refractivity contribution in [2.45, 2.75) is 39.5 Å². The molecule has 2 rings (SSSR count). The van der Waals surface area contributed by atoms with Crippen molar-refractivity contribution in [3.63, 3.8) is 0 Å². The minimum atomic E-state index is -1.23. The van der Waals surface area contributed by atoms with Crippen LogP contribution in [0.2, 0.25) is 0 Å². The third-order valence-corrected chi connectivity index (χ3v) is 4.70. The summed E-state index contributed by atoms with van der Waals surface area (Å²) >= 11 is 0. The molecule has 176 valence electrons. The number of benzene rings is 2. The van der Waals surface area contributed by atoms with Gasteiger partial charge in [-0.25, -0.2) is 4.79 Å². The minimum Gasteiger partial charge on any atom is -0.478 e. The number of hydrogen-bond donors (Lipinski definition) is 3. The van der Waals surface area contributed by atoms with Crippen molar-refractivity contribution in [1.82, 2.24) is 10.6 Å². The Hall–Kier alpha value is -3.88. The van der Waals surface area contributed by atoms with E-state index in [1.165, 1.54) is 36.4 Å². The number of amides is 2. The summed E-state index contributed by atoms with van der Waals surface area (Å²) in [6, 6.07) is 8.36. The third kappa shape index (κ3) is 7.34. The zero-order chi connectivity index (χ0) is 24.2. The number of aromatic carboxylic acids is 1. The highest BCUT2D eigenvalue weighted by molar-refractivity contribution is 6.05. The molecule has 0 bridgehead atoms. The molecular weight excluding hydrogens is 428 g/mol. The molecule has 2 aromatic carbocycles. The number of hydrogen-bond acceptors (Lipinski definition) is 6. The molecule has 0 heterocycles. The van der Waals surface area contributed by atoms with Crippen LogP contribution in [0.4, 0.5) is 0 Å². The molecule has 0 radical (unpaired) electrons. The van der Waals surface area contributed by atoms with Gasteiger partial charge in [-0.3, -0.25) is 14.4 Å². The van der Waals surface area contributed by atoms with E-state index < -0.39 is 17.8 Å². The van der Waals surface area contributed by atoms with Crippen LogP contribution >= 0.6 is 0 Å². The summed E-state index contributed by atoms with van der Waals surface area (Å²) in [6.45, 7) is 5.09. The second-order valence-corrected chi connectivity index (χ2v) is 7.21. The molecule has 3 N–H and O–H groups in total. The molecule has 9 heteroatoms. The largest absolute Gasteiger partial charge is 0.478 e. The number of carbonyl (C=O) groups excluding carboxylic acids is 3. The normalized spacial score (nSPS) is 10.2. The Morgan fingerprint density at radius 3 is 1.94 bits per heavy atom. The van der Waals surface area contributed by atoms with Gasteiger partial charge in [-0.1, -0.05) is 26.7 Å². The van der Waals surface area contributed by atoms with Gasteiger partial charge in [0.15, 0.2) is 0 Å². The molecule has 2 amide bonds. The predicted octanol–water partition coefficient (Wildman–Crippen LogP) is 3.77. The van der Waals surface area contributed by atoms with Crippen molar-refractivity contribution in [1.29, 1.82) is 0 Å². The molecule has 0 saturated heterocycles. The van der Waals surface area contributed by atoms with Crippen molar-refractivity contribution in [2.75, 3.05) is 13.1 Å². The van der Waals surface area contributed by atoms with E-state index >= 15 is 0 Å². The van der Waals surface area contributed by atoms with Crippen LogP contribution < -0.4 is 20.1 Å². The van der Waals surface area contributed by atoms with Crippen molar-refractivity contribution in [2.24, 2.45) is 0 Å². The molecule has 0 aliphatic heterocycles. The van der Waals surface area contributed by atoms with Gasteiger partial charge in [-0.2, -0.15) is 0 Å². The number of carboxylic acid groups (broad SMARTS) is 1. The van der Waals surface area contributed by atoms with E-state index in [0.717, 1.165) is 25.7 Å². The van der Waals surface area contributed by atoms with Crippen LogP contribution in [0.15, 0.2) is 36.4 Å². The van der Waals surface area contributed by atoms with Crippen molar-refractivity contribution < 1.29 is 33.8 Å². The highest BCUT2D eigenvalue weighted by atomic mass is 16.5. The first-order valence-corrected chi connectivity index (χ1v) is 10.8. The standard InChI is InChI=1S/C24H28N2O7/c1-3-5-11-25-22(28)19-13-16(7-9-18(19)24(30)31)33-17-8-10-21(32-15-27)20(14-17)23(29)26-12-6-4-2/h7-10,13-15H,3-6,11-12H2,1-2H3,(H,25,28)(H,26,29)(H,30,31). The van der Waals surface area contributed by atoms with Crippen LogP contribution in [-0.4, -0.2) is 42.5 Å². The zero-order valence-electron chi connectivity index (χ0n) is 18.7. The van der Waals surface area contributed by atoms with Gasteiger partial charge >= 0.3 is 5.97 Å². The highest BCUT2D eigenvalue weighted by Gasteiger charge is 2.19. The van der Waals surface area contributed by atoms with E-state index in [9.17, 15) is 24.3 Å². The fourth-order valence-corrected chi connectivity index (χ4v) is 2.95. The maximum absolute atomic E-state index is 12.5. The van der Waals surface area contributed by atoms with Crippen LogP contribution in [0, 0.1) is 0 Å². The lowest BCUT2D eigenvalue weighted by Crippen LogP contribution is -2.26. The lowest BCUT2D eigenvalue weighted by Gasteiger charge is -2.13. The van der Waals surface area contributed by atoms with E-state index in [1.54, 1.807) is 0 Å². The fourth-order valence-electron chi connectivity index (χ4n) is 2.95. The smallest absolute Gasteiger partial charge is 0.336 e. The van der Waals surface area contributed by atoms with Crippen molar-refractivity contribution >= 4 is 24.3 Å². The molecule has 0 unspecified atom stereocenters. The maximum atomic E-state index is 12.5. The Kier molecular flexibility index (Phi) is 9.88. The van der Waals surface area contributed by atoms with Crippen LogP contribution in [0.5, 0.6) is 17.2 Å². The van der Waals surface area contributed by atoms with E-state index in [1.807, 2.05) is 13.8 Å². The van der Waals surface area contributed by atoms with Crippen LogP contribution in [0.1, 0.15) is 70.6 Å². The summed E-state index contributed by atoms with van der Waals surface area (Å²) in [6.07, 6.45) is 3.35. The summed E-state index contributed by atoms with van der Waals surface area (Å²) in [4.78, 5) is 47.4. The Morgan fingerprint density at radius 1 is 0.848 bits per heavy atom. The molecule has 33 heavy (non-hydrogen) atoms. The summed E-state index contributed by atoms with van der Waals surface area (Å²) in [5.41, 5.74) is -0.0768. The summed E-state index contributed by atoms with van der Waals surface area (Å²) < 4.78 is 10.7. The number of nitrogens with one attached hydrogen (secondary N) is 2. The third-order valence-electron chi connectivity index (χ3n) is 4.70. The van der Waals surface area contributed by atoms with E-state index in [-0.39, 0.29) is 40.4 Å². The minimum absolute atomic E-state index is 0.0328. The Bertz CT molecular complexity index is 1000. The molecule has 0 saturated carbocycles. The molecule has 0 spiro atoms. The molecule has 0 aliphatic carbocycles. The molecule has 0 atom stereocenters. The number of carbonyl (C=O) groups is 4. The second-order valence-electron chi connectivity index (χ2n) is 7.21. The molecule has 2 aromatic rings. The van der Waals surface area contributed by atoms with Crippen molar-refractivity contribution in [3.05, 3.63) is 53.1 Å². The molecule has 0 aromatic heterocycles. The summed E-state index contributed by atoms with van der Waals surface area (Å²) in [5.74, 6) is -1.65. The van der Waals surface area contributed by atoms with Gasteiger partial charge in [0.1, 0.15) is 17.2 Å². The number of ether oxygens (including phenoxy) is 2. The van der Waals surface area contributed by atoms with Crippen LogP contribution in [-0.2, 0) is 4.79 Å². The molecule has 0 aliphatic rings. The Balaban J connectivity index is 2.31. The van der Waals surface area contributed by atoms with Gasteiger partial charge in [0, 0.05) is 13.1 Å². The summed E-state index contributed by atoms with van der Waals surface area (Å²) in [7, 11) is 0. The molecule has 0 fully saturated rings. The first kappa shape index (κ1) is 25.4. The highest BCUT2D eigenvalue weighted by Crippen LogP contribution is 2.29. The van der Waals surface area contributed by atoms with Gasteiger partial charge in [0.05, 0.1) is 16.7 Å². The van der Waals surface area contributed by atoms with Gasteiger partial charge in [-0.15, -0.1) is 0 Å².